The van der Waals surface area contributed by atoms with Crippen LogP contribution in [-0.4, -0.2) is 100 Å². The van der Waals surface area contributed by atoms with Gasteiger partial charge in [0, 0.05) is 43.7 Å². The third-order valence-electron chi connectivity index (χ3n) is 5.61. The Morgan fingerprint density at radius 2 is 1.51 bits per heavy atom. The maximum atomic E-state index is 12.0. The molecule has 0 aromatic heterocycles. The van der Waals surface area contributed by atoms with Crippen molar-refractivity contribution in [1.82, 2.24) is 21.3 Å². The van der Waals surface area contributed by atoms with Gasteiger partial charge in [-0.1, -0.05) is 6.42 Å². The summed E-state index contributed by atoms with van der Waals surface area (Å²) in [5.74, 6) is 5.60. The van der Waals surface area contributed by atoms with Gasteiger partial charge in [-0.2, -0.15) is 11.8 Å². The van der Waals surface area contributed by atoms with Crippen molar-refractivity contribution in [3.8, 4) is 0 Å². The third kappa shape index (κ3) is 13.3. The van der Waals surface area contributed by atoms with Crippen molar-refractivity contribution >= 4 is 29.6 Å². The largest absolute Gasteiger partial charge is 0.379 e. The van der Waals surface area contributed by atoms with Gasteiger partial charge >= 0.3 is 6.03 Å². The van der Waals surface area contributed by atoms with E-state index < -0.39 is 0 Å². The van der Waals surface area contributed by atoms with Crippen LogP contribution in [-0.2, 0) is 28.6 Å². The van der Waals surface area contributed by atoms with Gasteiger partial charge < -0.3 is 35.5 Å². The number of unbranched alkanes of at least 4 members (excludes halogenated alkanes) is 1. The molecule has 12 nitrogen and oxygen atoms in total. The second-order valence-corrected chi connectivity index (χ2v) is 9.69. The molecule has 4 amide bonds. The standard InChI is InChI=1S/C22H41N5O7S/c23-34-15-20(29)25-8-4-10-32-12-14-33-13-11-31-9-3-7-24-19(28)6-2-1-5-18-21-17(16-35-18)26-22(30)27-21/h17-18,21H,1-16,23H2,(H,24,28)(H,25,29)(H2,26,27,30). The minimum atomic E-state index is -0.249. The Kier molecular flexibility index (Phi) is 15.7. The van der Waals surface area contributed by atoms with E-state index in [-0.39, 0.29) is 36.5 Å². The highest BCUT2D eigenvalue weighted by Crippen LogP contribution is 2.33. The molecule has 2 aliphatic heterocycles. The van der Waals surface area contributed by atoms with Gasteiger partial charge in [-0.15, -0.1) is 0 Å². The van der Waals surface area contributed by atoms with E-state index in [4.69, 9.17) is 20.1 Å². The van der Waals surface area contributed by atoms with Crippen molar-refractivity contribution in [3.63, 3.8) is 0 Å². The number of urea groups is 1. The van der Waals surface area contributed by atoms with Crippen LogP contribution in [0.2, 0.25) is 0 Å². The predicted molar refractivity (Wildman–Crippen MR) is 132 cm³/mol. The number of thioether (sulfide) groups is 1. The van der Waals surface area contributed by atoms with Gasteiger partial charge in [0.05, 0.1) is 38.5 Å². The van der Waals surface area contributed by atoms with Gasteiger partial charge in [0.1, 0.15) is 6.61 Å². The fourth-order valence-electron chi connectivity index (χ4n) is 3.84. The molecule has 35 heavy (non-hydrogen) atoms. The SMILES string of the molecule is NOCC(=O)NCCCOCCOCCOCCCNC(=O)CCCCC1SCC2NC(=O)NC21. The van der Waals surface area contributed by atoms with Gasteiger partial charge in [-0.3, -0.25) is 14.4 Å². The van der Waals surface area contributed by atoms with E-state index in [1.54, 1.807) is 0 Å². The highest BCUT2D eigenvalue weighted by Gasteiger charge is 2.42. The molecule has 2 aliphatic rings. The van der Waals surface area contributed by atoms with Gasteiger partial charge in [0.25, 0.3) is 0 Å². The summed E-state index contributed by atoms with van der Waals surface area (Å²) in [5.41, 5.74) is 0. The van der Waals surface area contributed by atoms with Crippen LogP contribution in [0, 0.1) is 0 Å². The number of hydrogen-bond donors (Lipinski definition) is 5. The summed E-state index contributed by atoms with van der Waals surface area (Å²) in [6.07, 6.45) is 4.87. The van der Waals surface area contributed by atoms with Crippen molar-refractivity contribution in [2.75, 3.05) is 65.1 Å². The zero-order valence-corrected chi connectivity index (χ0v) is 21.2. The minimum absolute atomic E-state index is 0.0570. The van der Waals surface area contributed by atoms with Gasteiger partial charge in [-0.25, -0.2) is 10.7 Å². The first-order valence-electron chi connectivity index (χ1n) is 12.4. The Bertz CT molecular complexity index is 631. The molecule has 0 bridgehead atoms. The lowest BCUT2D eigenvalue weighted by molar-refractivity contribution is -0.125. The smallest absolute Gasteiger partial charge is 0.315 e. The molecule has 6 N–H and O–H groups in total. The molecule has 0 aliphatic carbocycles. The summed E-state index contributed by atoms with van der Waals surface area (Å²) in [5, 5.41) is 12.0. The number of rotatable bonds is 21. The van der Waals surface area contributed by atoms with E-state index in [9.17, 15) is 14.4 Å². The molecule has 202 valence electrons. The average Bonchev–Trinajstić information content (AvgIpc) is 3.38. The summed E-state index contributed by atoms with van der Waals surface area (Å²) in [4.78, 5) is 38.7. The molecule has 0 saturated carbocycles. The molecule has 0 aromatic carbocycles. The molecule has 0 spiro atoms. The van der Waals surface area contributed by atoms with Crippen LogP contribution >= 0.6 is 11.8 Å². The van der Waals surface area contributed by atoms with Crippen LogP contribution in [0.15, 0.2) is 0 Å². The Hall–Kier alpha value is -1.64. The summed E-state index contributed by atoms with van der Waals surface area (Å²) < 4.78 is 16.3. The number of hydrogen-bond acceptors (Lipinski definition) is 9. The van der Waals surface area contributed by atoms with Crippen molar-refractivity contribution < 1.29 is 33.4 Å². The van der Waals surface area contributed by atoms with Crippen LogP contribution in [0.25, 0.3) is 0 Å². The number of nitrogens with one attached hydrogen (secondary N) is 4. The number of fused-ring (bicyclic) bond motifs is 1. The molecule has 2 saturated heterocycles. The molecular weight excluding hydrogens is 478 g/mol. The van der Waals surface area contributed by atoms with Crippen LogP contribution in [0.5, 0.6) is 0 Å². The van der Waals surface area contributed by atoms with E-state index in [1.165, 1.54) is 0 Å². The lowest BCUT2D eigenvalue weighted by Gasteiger charge is -2.16. The van der Waals surface area contributed by atoms with Crippen molar-refractivity contribution in [2.24, 2.45) is 5.90 Å². The number of ether oxygens (including phenoxy) is 3. The molecule has 2 fully saturated rings. The summed E-state index contributed by atoms with van der Waals surface area (Å²) in [6.45, 7) is 4.04. The molecule has 0 aromatic rings. The fourth-order valence-corrected chi connectivity index (χ4v) is 5.38. The Labute approximate surface area is 211 Å². The van der Waals surface area contributed by atoms with Crippen LogP contribution in [0.3, 0.4) is 0 Å². The molecule has 0 radical (unpaired) electrons. The van der Waals surface area contributed by atoms with Gasteiger partial charge in [0.15, 0.2) is 0 Å². The Balaban J connectivity index is 1.27. The van der Waals surface area contributed by atoms with Crippen molar-refractivity contribution in [3.05, 3.63) is 0 Å². The maximum absolute atomic E-state index is 12.0. The van der Waals surface area contributed by atoms with Crippen LogP contribution < -0.4 is 27.2 Å². The number of carbonyl (C=O) groups is 3. The highest BCUT2D eigenvalue weighted by atomic mass is 32.2. The van der Waals surface area contributed by atoms with E-state index >= 15 is 0 Å². The lowest BCUT2D eigenvalue weighted by Crippen LogP contribution is -2.36. The first-order chi connectivity index (χ1) is 17.1. The quantitative estimate of drug-likeness (QED) is 0.0776. The third-order valence-corrected chi connectivity index (χ3v) is 7.12. The molecule has 3 atom stereocenters. The zero-order chi connectivity index (χ0) is 25.1. The molecule has 13 heteroatoms. The summed E-state index contributed by atoms with van der Waals surface area (Å²) in [6, 6.07) is 0.429. The fraction of sp³-hybridized carbons (Fsp3) is 0.864. The van der Waals surface area contributed by atoms with Gasteiger partial charge in [0.2, 0.25) is 11.8 Å². The van der Waals surface area contributed by atoms with Gasteiger partial charge in [-0.05, 0) is 25.7 Å². The summed E-state index contributed by atoms with van der Waals surface area (Å²) >= 11 is 1.90. The summed E-state index contributed by atoms with van der Waals surface area (Å²) in [7, 11) is 0. The second kappa shape index (κ2) is 18.6. The zero-order valence-electron chi connectivity index (χ0n) is 20.4. The maximum Gasteiger partial charge on any atom is 0.315 e. The molecule has 2 heterocycles. The Morgan fingerprint density at radius 3 is 2.17 bits per heavy atom. The first kappa shape index (κ1) is 29.6. The predicted octanol–water partition coefficient (Wildman–Crippen LogP) is -0.335. The second-order valence-electron chi connectivity index (χ2n) is 8.42. The topological polar surface area (TPSA) is 162 Å². The lowest BCUT2D eigenvalue weighted by atomic mass is 10.0. The molecule has 2 rings (SSSR count). The monoisotopic (exact) mass is 519 g/mol. The van der Waals surface area contributed by atoms with E-state index in [1.807, 2.05) is 11.8 Å². The highest BCUT2D eigenvalue weighted by molar-refractivity contribution is 8.00. The number of amides is 4. The minimum Gasteiger partial charge on any atom is -0.379 e. The van der Waals surface area contributed by atoms with E-state index in [0.717, 1.165) is 31.4 Å². The normalized spacial score (nSPS) is 20.8. The number of nitrogens with two attached hydrogens (primary N) is 1. The Morgan fingerprint density at radius 1 is 0.886 bits per heavy atom. The van der Waals surface area contributed by atoms with Crippen LogP contribution in [0.4, 0.5) is 4.79 Å². The number of carbonyl (C=O) groups excluding carboxylic acids is 3. The van der Waals surface area contributed by atoms with Crippen LogP contribution in [0.1, 0.15) is 38.5 Å². The van der Waals surface area contributed by atoms with E-state index in [0.29, 0.717) is 70.8 Å². The van der Waals surface area contributed by atoms with E-state index in [2.05, 4.69) is 26.1 Å². The van der Waals surface area contributed by atoms with Crippen molar-refractivity contribution in [1.29, 1.82) is 0 Å². The van der Waals surface area contributed by atoms with Crippen molar-refractivity contribution in [2.45, 2.75) is 55.9 Å². The molecular formula is C22H41N5O7S. The first-order valence-corrected chi connectivity index (χ1v) is 13.4. The molecule has 3 unspecified atom stereocenters. The average molecular weight is 520 g/mol.